The van der Waals surface area contributed by atoms with Crippen LogP contribution in [-0.2, 0) is 21.4 Å². The van der Waals surface area contributed by atoms with Gasteiger partial charge in [0.2, 0.25) is 15.9 Å². The summed E-state index contributed by atoms with van der Waals surface area (Å²) in [6.45, 7) is 5.58. The summed E-state index contributed by atoms with van der Waals surface area (Å²) in [5.74, 6) is -0.389. The van der Waals surface area contributed by atoms with Gasteiger partial charge in [-0.05, 0) is 62.2 Å². The van der Waals surface area contributed by atoms with Crippen molar-refractivity contribution in [3.63, 3.8) is 0 Å². The molecule has 31 heavy (non-hydrogen) atoms. The molecule has 0 aromatic heterocycles. The van der Waals surface area contributed by atoms with Crippen molar-refractivity contribution >= 4 is 37.5 Å². The van der Waals surface area contributed by atoms with E-state index in [-0.39, 0.29) is 23.9 Å². The molecule has 3 rings (SSSR count). The first-order valence-corrected chi connectivity index (χ1v) is 12.1. The standard InChI is InChI=1S/C24H25BrN2O3S/c1-17-4-11-22(12-5-17)31(29,30)27(15-20-7-9-21(25)10-8-20)16-24(28)26-23-13-6-18(2)14-19(23)3/h4-14H,15-16H2,1-3H3,(H,26,28). The molecular weight excluding hydrogens is 476 g/mol. The summed E-state index contributed by atoms with van der Waals surface area (Å²) in [4.78, 5) is 13.0. The minimum Gasteiger partial charge on any atom is -0.325 e. The normalized spacial score (nSPS) is 11.5. The summed E-state index contributed by atoms with van der Waals surface area (Å²) in [6.07, 6.45) is 0. The number of carbonyl (C=O) groups is 1. The van der Waals surface area contributed by atoms with Gasteiger partial charge in [-0.3, -0.25) is 4.79 Å². The Morgan fingerprint density at radius 3 is 2.13 bits per heavy atom. The highest BCUT2D eigenvalue weighted by molar-refractivity contribution is 9.10. The number of hydrogen-bond acceptors (Lipinski definition) is 3. The first-order chi connectivity index (χ1) is 14.6. The van der Waals surface area contributed by atoms with Gasteiger partial charge in [-0.1, -0.05) is 63.5 Å². The van der Waals surface area contributed by atoms with E-state index in [1.54, 1.807) is 24.3 Å². The first-order valence-electron chi connectivity index (χ1n) is 9.83. The Kier molecular flexibility index (Phi) is 7.30. The zero-order valence-corrected chi connectivity index (χ0v) is 20.1. The van der Waals surface area contributed by atoms with Crippen molar-refractivity contribution in [2.75, 3.05) is 11.9 Å². The summed E-state index contributed by atoms with van der Waals surface area (Å²) >= 11 is 3.39. The lowest BCUT2D eigenvalue weighted by molar-refractivity contribution is -0.116. The third-order valence-corrected chi connectivity index (χ3v) is 7.24. The van der Waals surface area contributed by atoms with Gasteiger partial charge in [-0.25, -0.2) is 8.42 Å². The maximum atomic E-state index is 13.4. The summed E-state index contributed by atoms with van der Waals surface area (Å²) in [5.41, 5.74) is 4.44. The second-order valence-corrected chi connectivity index (χ2v) is 10.4. The summed E-state index contributed by atoms with van der Waals surface area (Å²) in [7, 11) is -3.87. The van der Waals surface area contributed by atoms with Crippen molar-refractivity contribution in [3.8, 4) is 0 Å². The number of anilines is 1. The van der Waals surface area contributed by atoms with Crippen molar-refractivity contribution in [2.24, 2.45) is 0 Å². The average molecular weight is 501 g/mol. The van der Waals surface area contributed by atoms with Crippen LogP contribution in [0.4, 0.5) is 5.69 Å². The molecule has 0 aliphatic rings. The van der Waals surface area contributed by atoms with Gasteiger partial charge in [0.15, 0.2) is 0 Å². The van der Waals surface area contributed by atoms with Crippen LogP contribution in [0.1, 0.15) is 22.3 Å². The molecule has 0 aliphatic heterocycles. The highest BCUT2D eigenvalue weighted by Crippen LogP contribution is 2.21. The molecule has 0 bridgehead atoms. The zero-order valence-electron chi connectivity index (χ0n) is 17.7. The Labute approximate surface area is 192 Å². The van der Waals surface area contributed by atoms with Crippen LogP contribution in [0.15, 0.2) is 76.1 Å². The van der Waals surface area contributed by atoms with Crippen LogP contribution in [0, 0.1) is 20.8 Å². The molecule has 3 aromatic carbocycles. The van der Waals surface area contributed by atoms with Crippen LogP contribution >= 0.6 is 15.9 Å². The van der Waals surface area contributed by atoms with Crippen molar-refractivity contribution in [3.05, 3.63) is 93.5 Å². The lowest BCUT2D eigenvalue weighted by atomic mass is 10.1. The summed E-state index contributed by atoms with van der Waals surface area (Å²) in [5, 5.41) is 2.84. The van der Waals surface area contributed by atoms with E-state index in [4.69, 9.17) is 0 Å². The van der Waals surface area contributed by atoms with Gasteiger partial charge >= 0.3 is 0 Å². The molecule has 1 N–H and O–H groups in total. The molecule has 0 saturated carbocycles. The second-order valence-electron chi connectivity index (χ2n) is 7.58. The third-order valence-electron chi connectivity index (χ3n) is 4.91. The van der Waals surface area contributed by atoms with Gasteiger partial charge in [0.1, 0.15) is 0 Å². The molecule has 0 radical (unpaired) electrons. The molecule has 162 valence electrons. The number of sulfonamides is 1. The lowest BCUT2D eigenvalue weighted by Gasteiger charge is -2.22. The van der Waals surface area contributed by atoms with Gasteiger partial charge < -0.3 is 5.32 Å². The largest absolute Gasteiger partial charge is 0.325 e. The number of benzene rings is 3. The number of aryl methyl sites for hydroxylation is 3. The monoisotopic (exact) mass is 500 g/mol. The maximum absolute atomic E-state index is 13.4. The minimum atomic E-state index is -3.87. The van der Waals surface area contributed by atoms with Crippen molar-refractivity contribution in [1.29, 1.82) is 0 Å². The molecule has 0 atom stereocenters. The highest BCUT2D eigenvalue weighted by atomic mass is 79.9. The Morgan fingerprint density at radius 1 is 0.903 bits per heavy atom. The number of amides is 1. The minimum absolute atomic E-state index is 0.0871. The van der Waals surface area contributed by atoms with Crippen LogP contribution in [0.25, 0.3) is 0 Å². The molecule has 1 amide bonds. The molecular formula is C24H25BrN2O3S. The van der Waals surface area contributed by atoms with E-state index >= 15 is 0 Å². The Hall–Kier alpha value is -2.48. The molecule has 0 aliphatic carbocycles. The van der Waals surface area contributed by atoms with E-state index in [9.17, 15) is 13.2 Å². The van der Waals surface area contributed by atoms with Gasteiger partial charge in [0.25, 0.3) is 0 Å². The number of carbonyl (C=O) groups excluding carboxylic acids is 1. The van der Waals surface area contributed by atoms with Crippen LogP contribution in [0.5, 0.6) is 0 Å². The first kappa shape index (κ1) is 23.2. The van der Waals surface area contributed by atoms with Gasteiger partial charge in [0.05, 0.1) is 11.4 Å². The fourth-order valence-electron chi connectivity index (χ4n) is 3.18. The number of halogens is 1. The molecule has 0 unspecified atom stereocenters. The zero-order chi connectivity index (χ0) is 22.6. The van der Waals surface area contributed by atoms with Crippen molar-refractivity contribution < 1.29 is 13.2 Å². The van der Waals surface area contributed by atoms with Gasteiger partial charge in [-0.15, -0.1) is 0 Å². The predicted molar refractivity (Wildman–Crippen MR) is 127 cm³/mol. The Morgan fingerprint density at radius 2 is 1.52 bits per heavy atom. The quantitative estimate of drug-likeness (QED) is 0.484. The number of rotatable bonds is 7. The molecule has 0 spiro atoms. The summed E-state index contributed by atoms with van der Waals surface area (Å²) in [6, 6.07) is 19.7. The smallest absolute Gasteiger partial charge is 0.243 e. The van der Waals surface area contributed by atoms with E-state index in [0.717, 1.165) is 26.7 Å². The van der Waals surface area contributed by atoms with E-state index in [1.807, 2.05) is 63.2 Å². The third kappa shape index (κ3) is 6.03. The molecule has 0 saturated heterocycles. The van der Waals surface area contributed by atoms with E-state index in [0.29, 0.717) is 5.69 Å². The number of nitrogens with one attached hydrogen (secondary N) is 1. The van der Waals surface area contributed by atoms with Crippen molar-refractivity contribution in [2.45, 2.75) is 32.2 Å². The average Bonchev–Trinajstić information content (AvgIpc) is 2.71. The van der Waals surface area contributed by atoms with Gasteiger partial charge in [0, 0.05) is 16.7 Å². The molecule has 0 fully saturated rings. The summed E-state index contributed by atoms with van der Waals surface area (Å²) < 4.78 is 28.8. The fourth-order valence-corrected chi connectivity index (χ4v) is 4.83. The molecule has 5 nitrogen and oxygen atoms in total. The highest BCUT2D eigenvalue weighted by Gasteiger charge is 2.27. The Bertz CT molecular complexity index is 1170. The van der Waals surface area contributed by atoms with E-state index < -0.39 is 10.0 Å². The van der Waals surface area contributed by atoms with Crippen LogP contribution in [0.3, 0.4) is 0 Å². The SMILES string of the molecule is Cc1ccc(S(=O)(=O)N(CC(=O)Nc2ccc(C)cc2C)Cc2ccc(Br)cc2)cc1. The van der Waals surface area contributed by atoms with Crippen molar-refractivity contribution in [1.82, 2.24) is 4.31 Å². The maximum Gasteiger partial charge on any atom is 0.243 e. The van der Waals surface area contributed by atoms with E-state index in [2.05, 4.69) is 21.2 Å². The Balaban J connectivity index is 1.88. The number of hydrogen-bond donors (Lipinski definition) is 1. The topological polar surface area (TPSA) is 66.5 Å². The number of nitrogens with zero attached hydrogens (tertiary/aromatic N) is 1. The van der Waals surface area contributed by atoms with Gasteiger partial charge in [-0.2, -0.15) is 4.31 Å². The lowest BCUT2D eigenvalue weighted by Crippen LogP contribution is -2.37. The van der Waals surface area contributed by atoms with Crippen LogP contribution in [0.2, 0.25) is 0 Å². The fraction of sp³-hybridized carbons (Fsp3) is 0.208. The second kappa shape index (κ2) is 9.77. The van der Waals surface area contributed by atoms with E-state index in [1.165, 1.54) is 4.31 Å². The molecule has 0 heterocycles. The van der Waals surface area contributed by atoms with Crippen LogP contribution in [-0.4, -0.2) is 25.2 Å². The molecule has 3 aromatic rings. The van der Waals surface area contributed by atoms with Crippen LogP contribution < -0.4 is 5.32 Å². The molecule has 7 heteroatoms. The predicted octanol–water partition coefficient (Wildman–Crippen LogP) is 5.20.